The van der Waals surface area contributed by atoms with E-state index in [1.807, 2.05) is 6.07 Å². The first-order valence-electron chi connectivity index (χ1n) is 8.30. The average molecular weight is 330 g/mol. The molecule has 2 aromatic rings. The molecule has 1 saturated carbocycles. The second-order valence-electron chi connectivity index (χ2n) is 6.18. The average Bonchev–Trinajstić information content (AvgIpc) is 3.23. The highest BCUT2D eigenvalue weighted by Gasteiger charge is 2.20. The zero-order valence-corrected chi connectivity index (χ0v) is 13.5. The van der Waals surface area contributed by atoms with Gasteiger partial charge in [0.1, 0.15) is 0 Å². The second-order valence-corrected chi connectivity index (χ2v) is 6.18. The summed E-state index contributed by atoms with van der Waals surface area (Å²) in [5.41, 5.74) is 6.50. The Bertz CT molecular complexity index is 714. The number of nitrogens with one attached hydrogen (secondary N) is 2. The van der Waals surface area contributed by atoms with Crippen molar-refractivity contribution in [2.75, 3.05) is 5.32 Å². The number of rotatable bonds is 6. The third kappa shape index (κ3) is 4.01. The standard InChI is InChI=1S/C16H22N6O2/c17-14(23)6-8-22-9-7-15(21-22)18-16(24)13-10-12(19-20-13)11-4-2-1-3-5-11/h7,9-11H,1-6,8H2,(H2,17,23)(H,19,20)(H,18,21,24). The molecule has 1 aliphatic rings. The molecule has 4 N–H and O–H groups in total. The molecule has 2 aromatic heterocycles. The molecule has 24 heavy (non-hydrogen) atoms. The number of primary amides is 1. The fourth-order valence-electron chi connectivity index (χ4n) is 3.03. The van der Waals surface area contributed by atoms with Crippen LogP contribution in [-0.2, 0) is 11.3 Å². The molecule has 0 aromatic carbocycles. The lowest BCUT2D eigenvalue weighted by Crippen LogP contribution is -2.15. The Morgan fingerprint density at radius 1 is 1.33 bits per heavy atom. The highest BCUT2D eigenvalue weighted by Crippen LogP contribution is 2.31. The van der Waals surface area contributed by atoms with Crippen LogP contribution >= 0.6 is 0 Å². The maximum absolute atomic E-state index is 12.3. The zero-order valence-electron chi connectivity index (χ0n) is 13.5. The molecule has 0 bridgehead atoms. The summed E-state index contributed by atoms with van der Waals surface area (Å²) in [4.78, 5) is 23.0. The third-order valence-corrected chi connectivity index (χ3v) is 4.34. The van der Waals surface area contributed by atoms with E-state index in [9.17, 15) is 9.59 Å². The number of aromatic amines is 1. The first-order valence-corrected chi connectivity index (χ1v) is 8.30. The minimum absolute atomic E-state index is 0.208. The molecule has 8 nitrogen and oxygen atoms in total. The van der Waals surface area contributed by atoms with Gasteiger partial charge in [0.25, 0.3) is 5.91 Å². The van der Waals surface area contributed by atoms with Gasteiger partial charge < -0.3 is 11.1 Å². The summed E-state index contributed by atoms with van der Waals surface area (Å²) in [6.45, 7) is 0.388. The Kier molecular flexibility index (Phi) is 4.93. The van der Waals surface area contributed by atoms with Gasteiger partial charge in [0.2, 0.25) is 5.91 Å². The van der Waals surface area contributed by atoms with Crippen LogP contribution in [0.1, 0.15) is 60.6 Å². The fraction of sp³-hybridized carbons (Fsp3) is 0.500. The summed E-state index contributed by atoms with van der Waals surface area (Å²) in [6.07, 6.45) is 7.94. The summed E-state index contributed by atoms with van der Waals surface area (Å²) in [5.74, 6) is 0.212. The number of carbonyl (C=O) groups excluding carboxylic acids is 2. The summed E-state index contributed by atoms with van der Waals surface area (Å²) in [6, 6.07) is 3.50. The number of nitrogens with zero attached hydrogens (tertiary/aromatic N) is 3. The Balaban J connectivity index is 1.58. The Morgan fingerprint density at radius 2 is 2.12 bits per heavy atom. The van der Waals surface area contributed by atoms with E-state index in [4.69, 9.17) is 5.73 Å². The Morgan fingerprint density at radius 3 is 2.88 bits per heavy atom. The summed E-state index contributed by atoms with van der Waals surface area (Å²) >= 11 is 0. The molecule has 0 radical (unpaired) electrons. The number of anilines is 1. The molecule has 2 amide bonds. The number of aryl methyl sites for hydroxylation is 1. The molecule has 0 aliphatic heterocycles. The van der Waals surface area contributed by atoms with E-state index in [0.717, 1.165) is 18.5 Å². The molecule has 0 saturated heterocycles. The lowest BCUT2D eigenvalue weighted by Gasteiger charge is -2.19. The van der Waals surface area contributed by atoms with Crippen molar-refractivity contribution in [3.05, 3.63) is 29.7 Å². The van der Waals surface area contributed by atoms with E-state index in [1.54, 1.807) is 16.9 Å². The van der Waals surface area contributed by atoms with Crippen molar-refractivity contribution in [3.63, 3.8) is 0 Å². The van der Waals surface area contributed by atoms with Gasteiger partial charge >= 0.3 is 0 Å². The number of hydrogen-bond donors (Lipinski definition) is 3. The van der Waals surface area contributed by atoms with Crippen LogP contribution in [0, 0.1) is 0 Å². The molecule has 0 spiro atoms. The smallest absolute Gasteiger partial charge is 0.277 e. The van der Waals surface area contributed by atoms with Gasteiger partial charge in [-0.25, -0.2) is 0 Å². The van der Waals surface area contributed by atoms with Crippen LogP contribution in [0.2, 0.25) is 0 Å². The SMILES string of the molecule is NC(=O)CCn1ccc(NC(=O)c2cc(C3CCCCC3)[nH]n2)n1. The number of amides is 2. The molecule has 0 atom stereocenters. The van der Waals surface area contributed by atoms with Crippen LogP contribution in [0.5, 0.6) is 0 Å². The van der Waals surface area contributed by atoms with Gasteiger partial charge in [-0.15, -0.1) is 0 Å². The number of hydrogen-bond acceptors (Lipinski definition) is 4. The zero-order chi connectivity index (χ0) is 16.9. The minimum Gasteiger partial charge on any atom is -0.370 e. The molecule has 3 rings (SSSR count). The molecule has 1 fully saturated rings. The van der Waals surface area contributed by atoms with E-state index in [-0.39, 0.29) is 18.2 Å². The quantitative estimate of drug-likeness (QED) is 0.748. The molecular weight excluding hydrogens is 308 g/mol. The highest BCUT2D eigenvalue weighted by atomic mass is 16.2. The minimum atomic E-state index is -0.386. The number of nitrogens with two attached hydrogens (primary N) is 1. The first-order chi connectivity index (χ1) is 11.6. The monoisotopic (exact) mass is 330 g/mol. The van der Waals surface area contributed by atoms with E-state index in [1.165, 1.54) is 19.3 Å². The fourth-order valence-corrected chi connectivity index (χ4v) is 3.03. The molecule has 0 unspecified atom stereocenters. The topological polar surface area (TPSA) is 119 Å². The van der Waals surface area contributed by atoms with Gasteiger partial charge in [0.15, 0.2) is 11.5 Å². The lowest BCUT2D eigenvalue weighted by atomic mass is 9.87. The van der Waals surface area contributed by atoms with Crippen LogP contribution < -0.4 is 11.1 Å². The van der Waals surface area contributed by atoms with E-state index in [2.05, 4.69) is 20.6 Å². The maximum atomic E-state index is 12.3. The summed E-state index contributed by atoms with van der Waals surface area (Å²) in [7, 11) is 0. The van der Waals surface area contributed by atoms with Gasteiger partial charge in [0, 0.05) is 36.8 Å². The van der Waals surface area contributed by atoms with Gasteiger partial charge in [-0.2, -0.15) is 10.2 Å². The van der Waals surface area contributed by atoms with Crippen LogP contribution in [0.15, 0.2) is 18.3 Å². The Hall–Kier alpha value is -2.64. The van der Waals surface area contributed by atoms with Gasteiger partial charge in [0.05, 0.1) is 0 Å². The molecule has 128 valence electrons. The predicted molar refractivity (Wildman–Crippen MR) is 88.4 cm³/mol. The van der Waals surface area contributed by atoms with Crippen molar-refractivity contribution in [3.8, 4) is 0 Å². The lowest BCUT2D eigenvalue weighted by molar-refractivity contribution is -0.118. The van der Waals surface area contributed by atoms with E-state index < -0.39 is 0 Å². The van der Waals surface area contributed by atoms with E-state index >= 15 is 0 Å². The van der Waals surface area contributed by atoms with Crippen molar-refractivity contribution in [2.24, 2.45) is 5.73 Å². The van der Waals surface area contributed by atoms with Gasteiger partial charge in [-0.3, -0.25) is 19.4 Å². The third-order valence-electron chi connectivity index (χ3n) is 4.34. The van der Waals surface area contributed by atoms with Crippen molar-refractivity contribution in [1.82, 2.24) is 20.0 Å². The first kappa shape index (κ1) is 16.2. The van der Waals surface area contributed by atoms with Crippen LogP contribution in [-0.4, -0.2) is 31.8 Å². The highest BCUT2D eigenvalue weighted by molar-refractivity contribution is 6.02. The Labute approximate surface area is 139 Å². The van der Waals surface area contributed by atoms with Crippen molar-refractivity contribution >= 4 is 17.6 Å². The van der Waals surface area contributed by atoms with Crippen molar-refractivity contribution in [2.45, 2.75) is 51.0 Å². The van der Waals surface area contributed by atoms with Crippen molar-refractivity contribution < 1.29 is 9.59 Å². The van der Waals surface area contributed by atoms with Crippen LogP contribution in [0.25, 0.3) is 0 Å². The van der Waals surface area contributed by atoms with Crippen molar-refractivity contribution in [1.29, 1.82) is 0 Å². The molecular formula is C16H22N6O2. The largest absolute Gasteiger partial charge is 0.370 e. The van der Waals surface area contributed by atoms with Gasteiger partial charge in [-0.1, -0.05) is 19.3 Å². The normalized spacial score (nSPS) is 15.3. The summed E-state index contributed by atoms with van der Waals surface area (Å²) < 4.78 is 1.57. The number of H-pyrrole nitrogens is 1. The van der Waals surface area contributed by atoms with Gasteiger partial charge in [-0.05, 0) is 18.9 Å². The molecule has 2 heterocycles. The predicted octanol–water partition coefficient (Wildman–Crippen LogP) is 1.78. The number of aromatic nitrogens is 4. The number of carbonyl (C=O) groups is 2. The summed E-state index contributed by atoms with van der Waals surface area (Å²) in [5, 5.41) is 14.0. The van der Waals surface area contributed by atoms with Crippen LogP contribution in [0.3, 0.4) is 0 Å². The molecule has 8 heteroatoms. The van der Waals surface area contributed by atoms with Crippen LogP contribution in [0.4, 0.5) is 5.82 Å². The molecule has 1 aliphatic carbocycles. The maximum Gasteiger partial charge on any atom is 0.277 e. The second kappa shape index (κ2) is 7.29. The van der Waals surface area contributed by atoms with E-state index in [0.29, 0.717) is 24.0 Å².